The fourth-order valence-electron chi connectivity index (χ4n) is 5.51. The number of aromatic nitrogens is 1. The van der Waals surface area contributed by atoms with Gasteiger partial charge in [-0.25, -0.2) is 4.39 Å². The van der Waals surface area contributed by atoms with Crippen LogP contribution in [0.5, 0.6) is 0 Å². The fraction of sp³-hybridized carbons (Fsp3) is 0.419. The third-order valence-corrected chi connectivity index (χ3v) is 7.93. The normalized spacial score (nSPS) is 17.1. The smallest absolute Gasteiger partial charge is 0.379 e. The van der Waals surface area contributed by atoms with Crippen molar-refractivity contribution in [3.05, 3.63) is 81.5 Å². The highest BCUT2D eigenvalue weighted by Crippen LogP contribution is 2.36. The second kappa shape index (κ2) is 12.9. The lowest BCUT2D eigenvalue weighted by molar-refractivity contribution is -0.138. The Balaban J connectivity index is 1.54. The summed E-state index contributed by atoms with van der Waals surface area (Å²) in [5.74, 6) is -1.47. The van der Waals surface area contributed by atoms with Crippen LogP contribution in [-0.4, -0.2) is 79.8 Å². The summed E-state index contributed by atoms with van der Waals surface area (Å²) in [5, 5.41) is 2.67. The Kier molecular flexibility index (Phi) is 9.19. The van der Waals surface area contributed by atoms with Crippen LogP contribution in [0, 0.1) is 5.82 Å². The summed E-state index contributed by atoms with van der Waals surface area (Å²) < 4.78 is 63.1. The second-order valence-corrected chi connectivity index (χ2v) is 11.1. The van der Waals surface area contributed by atoms with Crippen LogP contribution in [0.2, 0.25) is 0 Å². The number of pyridine rings is 1. The lowest BCUT2D eigenvalue weighted by atomic mass is 10.00. The molecular formula is C31H35F4N5O3. The fourth-order valence-corrected chi connectivity index (χ4v) is 5.51. The van der Waals surface area contributed by atoms with Crippen LogP contribution in [-0.2, 0) is 24.5 Å². The first-order valence-electron chi connectivity index (χ1n) is 14.3. The van der Waals surface area contributed by atoms with Crippen LogP contribution in [0.1, 0.15) is 27.9 Å². The number of rotatable bonds is 6. The van der Waals surface area contributed by atoms with Crippen LogP contribution in [0.4, 0.5) is 28.9 Å². The average Bonchev–Trinajstić information content (AvgIpc) is 3.19. The Morgan fingerprint density at radius 2 is 1.72 bits per heavy atom. The number of hydrogen-bond acceptors (Lipinski definition) is 6. The molecule has 3 heterocycles. The van der Waals surface area contributed by atoms with Gasteiger partial charge in [0, 0.05) is 64.1 Å². The Morgan fingerprint density at radius 1 is 0.953 bits per heavy atom. The molecule has 5 rings (SSSR count). The van der Waals surface area contributed by atoms with Crippen molar-refractivity contribution in [2.75, 3.05) is 69.7 Å². The summed E-state index contributed by atoms with van der Waals surface area (Å²) in [6.07, 6.45) is -3.17. The number of benzene rings is 2. The maximum atomic E-state index is 15.2. The number of alkyl halides is 3. The van der Waals surface area contributed by atoms with Gasteiger partial charge < -0.3 is 24.4 Å². The number of aryl methyl sites for hydroxylation is 1. The lowest BCUT2D eigenvalue weighted by Crippen LogP contribution is -2.35. The van der Waals surface area contributed by atoms with Gasteiger partial charge in [0.15, 0.2) is 0 Å². The standard InChI is InChI=1S/C31H35F4N5O3/c1-37-8-3-9-40(11-10-37)28-7-5-22(23-16-21(4-6-26(23)32)19-39-12-14-43-15-13-39)17-27(28)36-30(42)24-20-38(2)29(41)18-25(24)31(33,34)35/h4-7,16-18,20H,3,8-15,19H2,1-2H3,(H,36,42). The highest BCUT2D eigenvalue weighted by atomic mass is 19.4. The van der Waals surface area contributed by atoms with Crippen molar-refractivity contribution in [3.63, 3.8) is 0 Å². The summed E-state index contributed by atoms with van der Waals surface area (Å²) in [6, 6.07) is 10.5. The summed E-state index contributed by atoms with van der Waals surface area (Å²) in [6.45, 7) is 6.37. The zero-order valence-electron chi connectivity index (χ0n) is 24.2. The van der Waals surface area contributed by atoms with Crippen molar-refractivity contribution in [1.82, 2.24) is 14.4 Å². The minimum atomic E-state index is -4.91. The number of morpholine rings is 1. The Morgan fingerprint density at radius 3 is 2.47 bits per heavy atom. The van der Waals surface area contributed by atoms with E-state index in [1.54, 1.807) is 30.3 Å². The number of likely N-dealkylation sites (N-methyl/N-ethyl adjacent to an activating group) is 1. The quantitative estimate of drug-likeness (QED) is 0.422. The first-order valence-corrected chi connectivity index (χ1v) is 14.3. The van der Waals surface area contributed by atoms with Crippen molar-refractivity contribution in [2.24, 2.45) is 7.05 Å². The van der Waals surface area contributed by atoms with Crippen LogP contribution < -0.4 is 15.8 Å². The molecule has 1 aromatic heterocycles. The number of halogens is 4. The third-order valence-electron chi connectivity index (χ3n) is 7.93. The van der Waals surface area contributed by atoms with E-state index in [2.05, 4.69) is 20.0 Å². The summed E-state index contributed by atoms with van der Waals surface area (Å²) in [4.78, 5) is 31.9. The van der Waals surface area contributed by atoms with Crippen molar-refractivity contribution < 1.29 is 27.1 Å². The minimum absolute atomic E-state index is 0.256. The van der Waals surface area contributed by atoms with Crippen molar-refractivity contribution in [3.8, 4) is 11.1 Å². The molecule has 2 aliphatic rings. The number of nitrogens with one attached hydrogen (secondary N) is 1. The molecule has 0 spiro atoms. The van der Waals surface area contributed by atoms with Crippen LogP contribution in [0.15, 0.2) is 53.5 Å². The molecule has 2 fully saturated rings. The van der Waals surface area contributed by atoms with E-state index < -0.39 is 34.6 Å². The number of ether oxygens (including phenoxy) is 1. The molecular weight excluding hydrogens is 566 g/mol. The molecule has 1 N–H and O–H groups in total. The molecule has 2 aliphatic heterocycles. The molecule has 0 radical (unpaired) electrons. The minimum Gasteiger partial charge on any atom is -0.379 e. The Labute approximate surface area is 247 Å². The van der Waals surface area contributed by atoms with Gasteiger partial charge in [-0.1, -0.05) is 12.1 Å². The summed E-state index contributed by atoms with van der Waals surface area (Å²) in [5.41, 5.74) is -0.298. The predicted octanol–water partition coefficient (Wildman–Crippen LogP) is 4.44. The molecule has 3 aromatic rings. The zero-order valence-corrected chi connectivity index (χ0v) is 24.2. The first-order chi connectivity index (χ1) is 20.5. The van der Waals surface area contributed by atoms with Gasteiger partial charge >= 0.3 is 6.18 Å². The van der Waals surface area contributed by atoms with E-state index in [-0.39, 0.29) is 5.69 Å². The predicted molar refractivity (Wildman–Crippen MR) is 157 cm³/mol. The molecule has 0 atom stereocenters. The molecule has 0 saturated carbocycles. The highest BCUT2D eigenvalue weighted by molar-refractivity contribution is 6.07. The number of carbonyl (C=O) groups excluding carboxylic acids is 1. The average molecular weight is 602 g/mol. The Hall–Kier alpha value is -3.74. The summed E-state index contributed by atoms with van der Waals surface area (Å²) >= 11 is 0. The van der Waals surface area contributed by atoms with E-state index in [1.807, 2.05) is 7.05 Å². The molecule has 0 aliphatic carbocycles. The molecule has 0 unspecified atom stereocenters. The van der Waals surface area contributed by atoms with Crippen LogP contribution in [0.25, 0.3) is 11.1 Å². The van der Waals surface area contributed by atoms with E-state index in [1.165, 1.54) is 13.1 Å². The molecule has 230 valence electrons. The molecule has 2 saturated heterocycles. The van der Waals surface area contributed by atoms with Gasteiger partial charge in [0.05, 0.1) is 35.7 Å². The van der Waals surface area contributed by atoms with Crippen molar-refractivity contribution in [2.45, 2.75) is 19.1 Å². The maximum absolute atomic E-state index is 15.2. The van der Waals surface area contributed by atoms with Gasteiger partial charge in [0.2, 0.25) is 0 Å². The molecule has 43 heavy (non-hydrogen) atoms. The lowest BCUT2D eigenvalue weighted by Gasteiger charge is -2.27. The number of anilines is 2. The maximum Gasteiger partial charge on any atom is 0.417 e. The van der Waals surface area contributed by atoms with Crippen molar-refractivity contribution >= 4 is 17.3 Å². The zero-order chi connectivity index (χ0) is 30.7. The van der Waals surface area contributed by atoms with E-state index in [0.717, 1.165) is 48.9 Å². The van der Waals surface area contributed by atoms with Gasteiger partial charge in [0.1, 0.15) is 5.82 Å². The molecule has 2 aromatic carbocycles. The topological polar surface area (TPSA) is 70.1 Å². The molecule has 12 heteroatoms. The largest absolute Gasteiger partial charge is 0.417 e. The van der Waals surface area contributed by atoms with Gasteiger partial charge in [-0.15, -0.1) is 0 Å². The SMILES string of the molecule is CN1CCCN(c2ccc(-c3cc(CN4CCOCC4)ccc3F)cc2NC(=O)c2cn(C)c(=O)cc2C(F)(F)F)CC1. The molecule has 0 bridgehead atoms. The van der Waals surface area contributed by atoms with Gasteiger partial charge in [-0.3, -0.25) is 14.5 Å². The third kappa shape index (κ3) is 7.26. The van der Waals surface area contributed by atoms with Gasteiger partial charge in [-0.05, 0) is 55.4 Å². The van der Waals surface area contributed by atoms with E-state index in [0.29, 0.717) is 55.7 Å². The summed E-state index contributed by atoms with van der Waals surface area (Å²) in [7, 11) is 3.30. The number of hydrogen-bond donors (Lipinski definition) is 1. The molecule has 1 amide bonds. The van der Waals surface area contributed by atoms with Crippen molar-refractivity contribution in [1.29, 1.82) is 0 Å². The van der Waals surface area contributed by atoms with E-state index in [4.69, 9.17) is 4.74 Å². The highest BCUT2D eigenvalue weighted by Gasteiger charge is 2.36. The number of carbonyl (C=O) groups is 1. The molecule has 8 nitrogen and oxygen atoms in total. The van der Waals surface area contributed by atoms with E-state index in [9.17, 15) is 22.8 Å². The number of amides is 1. The second-order valence-electron chi connectivity index (χ2n) is 11.1. The number of nitrogens with zero attached hydrogens (tertiary/aromatic N) is 4. The van der Waals surface area contributed by atoms with Gasteiger partial charge in [-0.2, -0.15) is 13.2 Å². The van der Waals surface area contributed by atoms with E-state index >= 15 is 4.39 Å². The van der Waals surface area contributed by atoms with Crippen LogP contribution in [0.3, 0.4) is 0 Å². The Bertz CT molecular complexity index is 1530. The van der Waals surface area contributed by atoms with Gasteiger partial charge in [0.25, 0.3) is 11.5 Å². The van der Waals surface area contributed by atoms with Crippen LogP contribution >= 0.6 is 0 Å². The first kappa shape index (κ1) is 30.7. The monoisotopic (exact) mass is 601 g/mol.